The van der Waals surface area contributed by atoms with Gasteiger partial charge in [-0.25, -0.2) is 4.68 Å². The molecule has 0 spiro atoms. The lowest BCUT2D eigenvalue weighted by atomic mass is 10.2. The van der Waals surface area contributed by atoms with Crippen LogP contribution in [0.5, 0.6) is 5.75 Å². The summed E-state index contributed by atoms with van der Waals surface area (Å²) in [6.45, 7) is 7.16. The van der Waals surface area contributed by atoms with Gasteiger partial charge in [0.1, 0.15) is 18.1 Å². The zero-order valence-electron chi connectivity index (χ0n) is 17.0. The summed E-state index contributed by atoms with van der Waals surface area (Å²) in [5, 5.41) is 9.27. The average molecular weight is 402 g/mol. The molecule has 0 aliphatic carbocycles. The number of anilines is 1. The summed E-state index contributed by atoms with van der Waals surface area (Å²) < 4.78 is 12.1. The molecule has 2 rings (SSSR count). The van der Waals surface area contributed by atoms with Gasteiger partial charge in [0, 0.05) is 12.1 Å². The lowest BCUT2D eigenvalue weighted by Gasteiger charge is -2.16. The van der Waals surface area contributed by atoms with Crippen molar-refractivity contribution >= 4 is 23.6 Å². The van der Waals surface area contributed by atoms with Gasteiger partial charge in [0.15, 0.2) is 6.10 Å². The Morgan fingerprint density at radius 1 is 1.14 bits per heavy atom. The Morgan fingerprint density at radius 2 is 1.86 bits per heavy atom. The third-order valence-corrected chi connectivity index (χ3v) is 3.91. The maximum absolute atomic E-state index is 12.3. The van der Waals surface area contributed by atoms with E-state index in [9.17, 15) is 14.4 Å². The Labute approximate surface area is 169 Å². The number of para-hydroxylation sites is 1. The van der Waals surface area contributed by atoms with Crippen LogP contribution in [0.3, 0.4) is 0 Å². The maximum Gasteiger partial charge on any atom is 0.326 e. The Morgan fingerprint density at radius 3 is 2.55 bits per heavy atom. The molecule has 1 heterocycles. The highest BCUT2D eigenvalue weighted by Gasteiger charge is 2.20. The van der Waals surface area contributed by atoms with Crippen molar-refractivity contribution in [1.29, 1.82) is 0 Å². The molecule has 1 atom stereocenters. The van der Waals surface area contributed by atoms with E-state index in [1.54, 1.807) is 41.2 Å². The number of esters is 1. The van der Waals surface area contributed by atoms with Gasteiger partial charge in [-0.15, -0.1) is 0 Å². The minimum absolute atomic E-state index is 0.0629. The zero-order chi connectivity index (χ0) is 21.4. The number of ether oxygens (including phenoxy) is 2. The number of aromatic nitrogens is 2. The van der Waals surface area contributed by atoms with Gasteiger partial charge in [0.25, 0.3) is 11.8 Å². The topological polar surface area (TPSA) is 112 Å². The second-order valence-electron chi connectivity index (χ2n) is 6.49. The Bertz CT molecular complexity index is 862. The monoisotopic (exact) mass is 402 g/mol. The maximum atomic E-state index is 12.3. The fourth-order valence-electron chi connectivity index (χ4n) is 2.53. The van der Waals surface area contributed by atoms with Crippen LogP contribution in [0, 0.1) is 0 Å². The van der Waals surface area contributed by atoms with E-state index in [1.807, 2.05) is 20.8 Å². The number of carbonyl (C=O) groups is 3. The Balaban J connectivity index is 1.86. The van der Waals surface area contributed by atoms with Crippen molar-refractivity contribution < 1.29 is 23.9 Å². The number of rotatable bonds is 9. The predicted octanol–water partition coefficient (Wildman–Crippen LogP) is 2.16. The van der Waals surface area contributed by atoms with Gasteiger partial charge in [-0.1, -0.05) is 12.1 Å². The highest BCUT2D eigenvalue weighted by Crippen LogP contribution is 2.17. The lowest BCUT2D eigenvalue weighted by Crippen LogP contribution is -2.36. The van der Waals surface area contributed by atoms with Crippen LogP contribution in [-0.2, 0) is 14.3 Å². The molecule has 2 aromatic rings. The SMILES string of the molecule is CCOc1ccccc1C(=O)NCC(=O)OC(C)C(=O)Nc1ccnn1C(C)C. The molecule has 0 saturated heterocycles. The van der Waals surface area contributed by atoms with Crippen molar-refractivity contribution in [2.75, 3.05) is 18.5 Å². The van der Waals surface area contributed by atoms with Gasteiger partial charge >= 0.3 is 5.97 Å². The molecule has 0 fully saturated rings. The molecule has 1 aromatic heterocycles. The number of carbonyl (C=O) groups excluding carboxylic acids is 3. The average Bonchev–Trinajstić information content (AvgIpc) is 3.15. The van der Waals surface area contributed by atoms with Crippen LogP contribution in [0.4, 0.5) is 5.82 Å². The van der Waals surface area contributed by atoms with Crippen molar-refractivity contribution in [2.45, 2.75) is 39.8 Å². The third-order valence-electron chi connectivity index (χ3n) is 3.91. The first-order valence-electron chi connectivity index (χ1n) is 9.37. The Hall–Kier alpha value is -3.36. The highest BCUT2D eigenvalue weighted by molar-refractivity contribution is 5.99. The van der Waals surface area contributed by atoms with Gasteiger partial charge in [-0.2, -0.15) is 5.10 Å². The minimum atomic E-state index is -1.04. The van der Waals surface area contributed by atoms with E-state index in [4.69, 9.17) is 9.47 Å². The van der Waals surface area contributed by atoms with E-state index in [0.717, 1.165) is 0 Å². The second kappa shape index (κ2) is 10.3. The summed E-state index contributed by atoms with van der Waals surface area (Å²) >= 11 is 0. The molecule has 0 saturated carbocycles. The molecule has 9 nitrogen and oxygen atoms in total. The molecule has 156 valence electrons. The zero-order valence-corrected chi connectivity index (χ0v) is 17.0. The quantitative estimate of drug-likeness (QED) is 0.622. The van der Waals surface area contributed by atoms with Crippen LogP contribution in [0.1, 0.15) is 44.1 Å². The molecule has 0 aliphatic heterocycles. The predicted molar refractivity (Wildman–Crippen MR) is 107 cm³/mol. The summed E-state index contributed by atoms with van der Waals surface area (Å²) in [4.78, 5) is 36.6. The minimum Gasteiger partial charge on any atom is -0.493 e. The van der Waals surface area contributed by atoms with Crippen molar-refractivity contribution in [1.82, 2.24) is 15.1 Å². The standard InChI is InChI=1S/C20H26N4O5/c1-5-28-16-9-7-6-8-15(16)20(27)21-12-18(25)29-14(4)19(26)23-17-10-11-22-24(17)13(2)3/h6-11,13-14H,5,12H2,1-4H3,(H,21,27)(H,23,26). The van der Waals surface area contributed by atoms with Gasteiger partial charge in [0.05, 0.1) is 18.4 Å². The fourth-order valence-corrected chi connectivity index (χ4v) is 2.53. The first-order chi connectivity index (χ1) is 13.8. The van der Waals surface area contributed by atoms with E-state index >= 15 is 0 Å². The molecule has 1 unspecified atom stereocenters. The number of benzene rings is 1. The number of nitrogens with one attached hydrogen (secondary N) is 2. The van der Waals surface area contributed by atoms with Crippen LogP contribution in [0.25, 0.3) is 0 Å². The lowest BCUT2D eigenvalue weighted by molar-refractivity contribution is -0.152. The number of nitrogens with zero attached hydrogens (tertiary/aromatic N) is 2. The molecule has 0 radical (unpaired) electrons. The third kappa shape index (κ3) is 6.06. The molecular formula is C20H26N4O5. The van der Waals surface area contributed by atoms with Crippen molar-refractivity contribution in [3.8, 4) is 5.75 Å². The van der Waals surface area contributed by atoms with Gasteiger partial charge in [0.2, 0.25) is 0 Å². The van der Waals surface area contributed by atoms with Gasteiger partial charge < -0.3 is 20.1 Å². The first-order valence-corrected chi connectivity index (χ1v) is 9.37. The first kappa shape index (κ1) is 21.9. The number of hydrogen-bond acceptors (Lipinski definition) is 6. The van der Waals surface area contributed by atoms with Crippen molar-refractivity contribution in [3.05, 3.63) is 42.1 Å². The van der Waals surface area contributed by atoms with Crippen LogP contribution in [0.15, 0.2) is 36.5 Å². The van der Waals surface area contributed by atoms with Crippen molar-refractivity contribution in [3.63, 3.8) is 0 Å². The van der Waals surface area contributed by atoms with Crippen LogP contribution in [0.2, 0.25) is 0 Å². The Kier molecular flexibility index (Phi) is 7.76. The summed E-state index contributed by atoms with van der Waals surface area (Å²) in [6, 6.07) is 8.44. The second-order valence-corrected chi connectivity index (χ2v) is 6.49. The summed E-state index contributed by atoms with van der Waals surface area (Å²) in [5.41, 5.74) is 0.315. The molecule has 0 bridgehead atoms. The van der Waals surface area contributed by atoms with Crippen molar-refractivity contribution in [2.24, 2.45) is 0 Å². The van der Waals surface area contributed by atoms with Crippen LogP contribution >= 0.6 is 0 Å². The number of amides is 2. The fraction of sp³-hybridized carbons (Fsp3) is 0.400. The molecule has 2 N–H and O–H groups in total. The van der Waals surface area contributed by atoms with E-state index in [0.29, 0.717) is 23.7 Å². The molecule has 2 amide bonds. The largest absolute Gasteiger partial charge is 0.493 e. The summed E-state index contributed by atoms with van der Waals surface area (Å²) in [7, 11) is 0. The molecule has 9 heteroatoms. The summed E-state index contributed by atoms with van der Waals surface area (Å²) in [5.74, 6) is -0.755. The normalized spacial score (nSPS) is 11.6. The van der Waals surface area contributed by atoms with E-state index < -0.39 is 23.9 Å². The molecule has 29 heavy (non-hydrogen) atoms. The highest BCUT2D eigenvalue weighted by atomic mass is 16.5. The van der Waals surface area contributed by atoms with E-state index in [1.165, 1.54) is 6.92 Å². The smallest absolute Gasteiger partial charge is 0.326 e. The van der Waals surface area contributed by atoms with E-state index in [2.05, 4.69) is 15.7 Å². The van der Waals surface area contributed by atoms with Gasteiger partial charge in [-0.3, -0.25) is 14.4 Å². The van der Waals surface area contributed by atoms with E-state index in [-0.39, 0.29) is 12.6 Å². The molecule has 0 aliphatic rings. The van der Waals surface area contributed by atoms with Crippen LogP contribution in [-0.4, -0.2) is 46.8 Å². The van der Waals surface area contributed by atoms with Gasteiger partial charge in [-0.05, 0) is 39.8 Å². The number of hydrogen-bond donors (Lipinski definition) is 2. The molecule has 1 aromatic carbocycles. The molecular weight excluding hydrogens is 376 g/mol. The van der Waals surface area contributed by atoms with Crippen LogP contribution < -0.4 is 15.4 Å². The summed E-state index contributed by atoms with van der Waals surface area (Å²) in [6.07, 6.45) is 0.535.